The van der Waals surface area contributed by atoms with E-state index < -0.39 is 11.6 Å². The molecule has 0 aromatic heterocycles. The number of hydrogen-bond acceptors (Lipinski definition) is 1. The number of amides is 1. The summed E-state index contributed by atoms with van der Waals surface area (Å²) in [4.78, 5) is 11.6. The second-order valence-corrected chi connectivity index (χ2v) is 5.04. The molecule has 0 saturated carbocycles. The minimum absolute atomic E-state index is 0.0411. The van der Waals surface area contributed by atoms with Crippen LogP contribution in [0, 0.1) is 11.6 Å². The number of benzene rings is 1. The molecule has 0 aliphatic heterocycles. The molecule has 0 saturated heterocycles. The van der Waals surface area contributed by atoms with Crippen molar-refractivity contribution in [3.63, 3.8) is 0 Å². The summed E-state index contributed by atoms with van der Waals surface area (Å²) in [7, 11) is 0. The molecular weight excluding hydrogens is 260 g/mol. The number of nitrogens with one attached hydrogen (secondary N) is 1. The van der Waals surface area contributed by atoms with Gasteiger partial charge in [0.05, 0.1) is 5.69 Å². The summed E-state index contributed by atoms with van der Waals surface area (Å²) in [6.07, 6.45) is 8.30. The van der Waals surface area contributed by atoms with E-state index in [-0.39, 0.29) is 11.6 Å². The molecule has 0 fully saturated rings. The van der Waals surface area contributed by atoms with E-state index in [1.807, 2.05) is 0 Å². The van der Waals surface area contributed by atoms with E-state index in [9.17, 15) is 13.6 Å². The average Bonchev–Trinajstić information content (AvgIpc) is 2.41. The van der Waals surface area contributed by atoms with Gasteiger partial charge in [-0.05, 0) is 18.6 Å². The molecule has 0 spiro atoms. The fraction of sp³-hybridized carbons (Fsp3) is 0.562. The Kier molecular flexibility index (Phi) is 7.85. The quantitative estimate of drug-likeness (QED) is 0.632. The van der Waals surface area contributed by atoms with E-state index >= 15 is 0 Å². The lowest BCUT2D eigenvalue weighted by Crippen LogP contribution is -2.12. The molecule has 0 aliphatic carbocycles. The van der Waals surface area contributed by atoms with Crippen LogP contribution in [0.5, 0.6) is 0 Å². The number of hydrogen-bond donors (Lipinski definition) is 1. The predicted octanol–water partition coefficient (Wildman–Crippen LogP) is 5.04. The van der Waals surface area contributed by atoms with Gasteiger partial charge < -0.3 is 5.32 Å². The normalized spacial score (nSPS) is 10.6. The third-order valence-electron chi connectivity index (χ3n) is 3.21. The average molecular weight is 283 g/mol. The maximum Gasteiger partial charge on any atom is 0.224 e. The molecule has 1 rings (SSSR count). The number of carbonyl (C=O) groups is 1. The van der Waals surface area contributed by atoms with E-state index in [0.29, 0.717) is 6.42 Å². The monoisotopic (exact) mass is 283 g/mol. The highest BCUT2D eigenvalue weighted by Crippen LogP contribution is 2.16. The van der Waals surface area contributed by atoms with Gasteiger partial charge in [0, 0.05) is 12.5 Å². The van der Waals surface area contributed by atoms with E-state index in [1.165, 1.54) is 31.7 Å². The highest BCUT2D eigenvalue weighted by atomic mass is 19.1. The Bertz CT molecular complexity index is 421. The summed E-state index contributed by atoms with van der Waals surface area (Å²) in [6, 6.07) is 3.14. The molecule has 1 aromatic carbocycles. The highest BCUT2D eigenvalue weighted by Gasteiger charge is 2.07. The van der Waals surface area contributed by atoms with Crippen LogP contribution in [0.2, 0.25) is 0 Å². The summed E-state index contributed by atoms with van der Waals surface area (Å²) >= 11 is 0. The van der Waals surface area contributed by atoms with Crippen molar-refractivity contribution in [1.29, 1.82) is 0 Å². The smallest absolute Gasteiger partial charge is 0.224 e. The zero-order valence-corrected chi connectivity index (χ0v) is 12.1. The summed E-state index contributed by atoms with van der Waals surface area (Å²) in [5.74, 6) is -1.60. The second kappa shape index (κ2) is 9.45. The molecule has 1 N–H and O–H groups in total. The van der Waals surface area contributed by atoms with Crippen molar-refractivity contribution in [2.75, 3.05) is 5.32 Å². The van der Waals surface area contributed by atoms with E-state index in [1.54, 1.807) is 0 Å². The first kappa shape index (κ1) is 16.6. The fourth-order valence-corrected chi connectivity index (χ4v) is 2.05. The SMILES string of the molecule is CCCCCCCCCC(=O)Nc1ccc(F)cc1F. The van der Waals surface area contributed by atoms with Crippen molar-refractivity contribution in [2.24, 2.45) is 0 Å². The first-order valence-corrected chi connectivity index (χ1v) is 7.38. The van der Waals surface area contributed by atoms with Gasteiger partial charge in [0.25, 0.3) is 0 Å². The van der Waals surface area contributed by atoms with Gasteiger partial charge in [-0.1, -0.05) is 45.4 Å². The third-order valence-corrected chi connectivity index (χ3v) is 3.21. The van der Waals surface area contributed by atoms with Crippen LogP contribution in [-0.2, 0) is 4.79 Å². The van der Waals surface area contributed by atoms with Crippen LogP contribution in [0.3, 0.4) is 0 Å². The van der Waals surface area contributed by atoms with Gasteiger partial charge >= 0.3 is 0 Å². The Morgan fingerprint density at radius 1 is 1.05 bits per heavy atom. The van der Waals surface area contributed by atoms with Crippen LogP contribution >= 0.6 is 0 Å². The Balaban J connectivity index is 2.17. The molecule has 112 valence electrons. The van der Waals surface area contributed by atoms with Gasteiger partial charge in [-0.25, -0.2) is 8.78 Å². The van der Waals surface area contributed by atoms with Crippen molar-refractivity contribution in [3.8, 4) is 0 Å². The molecule has 0 unspecified atom stereocenters. The van der Waals surface area contributed by atoms with Crippen LogP contribution in [-0.4, -0.2) is 5.91 Å². The predicted molar refractivity (Wildman–Crippen MR) is 77.6 cm³/mol. The van der Waals surface area contributed by atoms with Gasteiger partial charge in [0.1, 0.15) is 11.6 Å². The van der Waals surface area contributed by atoms with E-state index in [4.69, 9.17) is 0 Å². The maximum absolute atomic E-state index is 13.3. The lowest BCUT2D eigenvalue weighted by atomic mass is 10.1. The Morgan fingerprint density at radius 2 is 1.70 bits per heavy atom. The van der Waals surface area contributed by atoms with Crippen molar-refractivity contribution in [3.05, 3.63) is 29.8 Å². The lowest BCUT2D eigenvalue weighted by molar-refractivity contribution is -0.116. The van der Waals surface area contributed by atoms with Gasteiger partial charge in [0.2, 0.25) is 5.91 Å². The molecule has 0 heterocycles. The van der Waals surface area contributed by atoms with E-state index in [0.717, 1.165) is 31.4 Å². The Labute approximate surface area is 119 Å². The third kappa shape index (κ3) is 6.64. The largest absolute Gasteiger partial charge is 0.324 e. The number of halogens is 2. The number of rotatable bonds is 9. The zero-order chi connectivity index (χ0) is 14.8. The Hall–Kier alpha value is -1.45. The minimum atomic E-state index is -0.738. The molecule has 4 heteroatoms. The number of anilines is 1. The summed E-state index contributed by atoms with van der Waals surface area (Å²) < 4.78 is 26.0. The number of unbranched alkanes of at least 4 members (excludes halogenated alkanes) is 6. The Morgan fingerprint density at radius 3 is 2.35 bits per heavy atom. The standard InChI is InChI=1S/C16H23F2NO/c1-2-3-4-5-6-7-8-9-16(20)19-15-11-10-13(17)12-14(15)18/h10-12H,2-9H2,1H3,(H,19,20). The van der Waals surface area contributed by atoms with Crippen LogP contribution < -0.4 is 5.32 Å². The molecule has 0 atom stereocenters. The molecule has 0 bridgehead atoms. The fourth-order valence-electron chi connectivity index (χ4n) is 2.05. The topological polar surface area (TPSA) is 29.1 Å². The molecular formula is C16H23F2NO. The molecule has 1 aromatic rings. The van der Waals surface area contributed by atoms with Gasteiger partial charge in [-0.2, -0.15) is 0 Å². The van der Waals surface area contributed by atoms with Crippen LogP contribution in [0.25, 0.3) is 0 Å². The van der Waals surface area contributed by atoms with Crippen molar-refractivity contribution >= 4 is 11.6 Å². The molecule has 20 heavy (non-hydrogen) atoms. The lowest BCUT2D eigenvalue weighted by Gasteiger charge is -2.06. The molecule has 0 radical (unpaired) electrons. The van der Waals surface area contributed by atoms with Crippen molar-refractivity contribution in [1.82, 2.24) is 0 Å². The first-order valence-electron chi connectivity index (χ1n) is 7.38. The van der Waals surface area contributed by atoms with Crippen LogP contribution in [0.1, 0.15) is 58.3 Å². The van der Waals surface area contributed by atoms with Gasteiger partial charge in [-0.3, -0.25) is 4.79 Å². The molecule has 0 aliphatic rings. The minimum Gasteiger partial charge on any atom is -0.324 e. The van der Waals surface area contributed by atoms with Crippen molar-refractivity contribution < 1.29 is 13.6 Å². The van der Waals surface area contributed by atoms with Crippen LogP contribution in [0.15, 0.2) is 18.2 Å². The second-order valence-electron chi connectivity index (χ2n) is 5.04. The maximum atomic E-state index is 13.3. The van der Waals surface area contributed by atoms with E-state index in [2.05, 4.69) is 12.2 Å². The van der Waals surface area contributed by atoms with Crippen molar-refractivity contribution in [2.45, 2.75) is 58.3 Å². The highest BCUT2D eigenvalue weighted by molar-refractivity contribution is 5.90. The van der Waals surface area contributed by atoms with Gasteiger partial charge in [0.15, 0.2) is 0 Å². The van der Waals surface area contributed by atoms with Gasteiger partial charge in [-0.15, -0.1) is 0 Å². The molecule has 2 nitrogen and oxygen atoms in total. The van der Waals surface area contributed by atoms with Crippen LogP contribution in [0.4, 0.5) is 14.5 Å². The first-order chi connectivity index (χ1) is 9.63. The molecule has 1 amide bonds. The summed E-state index contributed by atoms with van der Waals surface area (Å²) in [6.45, 7) is 2.18. The summed E-state index contributed by atoms with van der Waals surface area (Å²) in [5.41, 5.74) is 0.0411. The summed E-state index contributed by atoms with van der Waals surface area (Å²) in [5, 5.41) is 2.47. The zero-order valence-electron chi connectivity index (χ0n) is 12.1. The number of carbonyl (C=O) groups excluding carboxylic acids is 1.